The number of carbonyl (C=O) groups excluding carboxylic acids is 1. The molecule has 3 fully saturated rings. The van der Waals surface area contributed by atoms with Crippen LogP contribution in [0.2, 0.25) is 0 Å². The smallest absolute Gasteiger partial charge is 0.309 e. The second-order valence-corrected chi connectivity index (χ2v) is 6.74. The van der Waals surface area contributed by atoms with Crippen LogP contribution in [0.3, 0.4) is 0 Å². The molecule has 2 bridgehead atoms. The Morgan fingerprint density at radius 1 is 0.857 bits per heavy atom. The van der Waals surface area contributed by atoms with Gasteiger partial charge in [0.15, 0.2) is 0 Å². The molecule has 1 saturated heterocycles. The van der Waals surface area contributed by atoms with Gasteiger partial charge in [-0.05, 0) is 37.5 Å². The lowest BCUT2D eigenvalue weighted by Crippen LogP contribution is -2.50. The molecule has 5 atom stereocenters. The normalized spacial score (nSPS) is 38.5. The monoisotopic (exact) mass is 295 g/mol. The Labute approximate surface area is 123 Å². The first kappa shape index (κ1) is 14.4. The topological polar surface area (TPSA) is 94.9 Å². The molecule has 21 heavy (non-hydrogen) atoms. The van der Waals surface area contributed by atoms with E-state index in [-0.39, 0.29) is 24.8 Å². The minimum absolute atomic E-state index is 0.0407. The van der Waals surface area contributed by atoms with Gasteiger partial charge in [0, 0.05) is 19.0 Å². The van der Waals surface area contributed by atoms with Crippen molar-refractivity contribution in [2.24, 2.45) is 29.6 Å². The third-order valence-corrected chi connectivity index (χ3v) is 5.61. The molecule has 2 saturated carbocycles. The summed E-state index contributed by atoms with van der Waals surface area (Å²) in [6.45, 7) is 0.409. The standard InChI is InChI=1S/C15H21NO5/c17-13(11-6-8-1-2-9(11)5-8)16-4-3-10(14(18)19)12(7-16)15(20)21/h8-12H,1-7H2,(H,18,19)(H,20,21). The summed E-state index contributed by atoms with van der Waals surface area (Å²) >= 11 is 0. The van der Waals surface area contributed by atoms with Crippen LogP contribution in [0.4, 0.5) is 0 Å². The lowest BCUT2D eigenvalue weighted by Gasteiger charge is -2.37. The fourth-order valence-electron chi connectivity index (χ4n) is 4.48. The number of piperidine rings is 1. The second-order valence-electron chi connectivity index (χ2n) is 6.74. The zero-order chi connectivity index (χ0) is 15.1. The molecule has 1 aliphatic heterocycles. The van der Waals surface area contributed by atoms with Crippen molar-refractivity contribution in [1.82, 2.24) is 4.90 Å². The summed E-state index contributed by atoms with van der Waals surface area (Å²) in [5.41, 5.74) is 0. The Morgan fingerprint density at radius 2 is 1.57 bits per heavy atom. The molecule has 6 nitrogen and oxygen atoms in total. The van der Waals surface area contributed by atoms with Gasteiger partial charge in [-0.1, -0.05) is 6.42 Å². The third kappa shape index (κ3) is 2.51. The van der Waals surface area contributed by atoms with Crippen LogP contribution in [0, 0.1) is 29.6 Å². The molecule has 0 aromatic carbocycles. The Morgan fingerprint density at radius 3 is 2.10 bits per heavy atom. The SMILES string of the molecule is O=C(O)C1CCN(C(=O)C2CC3CCC2C3)CC1C(=O)O. The highest BCUT2D eigenvalue weighted by Crippen LogP contribution is 2.49. The van der Waals surface area contributed by atoms with Gasteiger partial charge in [0.1, 0.15) is 0 Å². The summed E-state index contributed by atoms with van der Waals surface area (Å²) in [5.74, 6) is -2.84. The zero-order valence-corrected chi connectivity index (χ0v) is 11.9. The van der Waals surface area contributed by atoms with E-state index in [2.05, 4.69) is 0 Å². The lowest BCUT2D eigenvalue weighted by molar-refractivity contribution is -0.160. The first-order valence-corrected chi connectivity index (χ1v) is 7.71. The quantitative estimate of drug-likeness (QED) is 0.811. The highest BCUT2D eigenvalue weighted by atomic mass is 16.4. The molecule has 2 N–H and O–H groups in total. The van der Waals surface area contributed by atoms with Crippen molar-refractivity contribution < 1.29 is 24.6 Å². The van der Waals surface area contributed by atoms with Crippen molar-refractivity contribution in [2.45, 2.75) is 32.1 Å². The maximum absolute atomic E-state index is 12.6. The van der Waals surface area contributed by atoms with Gasteiger partial charge < -0.3 is 15.1 Å². The molecule has 0 radical (unpaired) electrons. The molecule has 3 aliphatic rings. The number of aliphatic carboxylic acids is 2. The Balaban J connectivity index is 1.68. The number of rotatable bonds is 3. The fraction of sp³-hybridized carbons (Fsp3) is 0.800. The maximum Gasteiger partial charge on any atom is 0.309 e. The van der Waals surface area contributed by atoms with Gasteiger partial charge in [-0.3, -0.25) is 14.4 Å². The molecule has 1 heterocycles. The van der Waals surface area contributed by atoms with Crippen molar-refractivity contribution in [3.8, 4) is 0 Å². The van der Waals surface area contributed by atoms with Crippen LogP contribution in [0.25, 0.3) is 0 Å². The van der Waals surface area contributed by atoms with E-state index in [1.807, 2.05) is 0 Å². The summed E-state index contributed by atoms with van der Waals surface area (Å²) in [4.78, 5) is 36.6. The van der Waals surface area contributed by atoms with Crippen LogP contribution in [-0.2, 0) is 14.4 Å². The van der Waals surface area contributed by atoms with Crippen LogP contribution in [0.15, 0.2) is 0 Å². The molecule has 0 aromatic heterocycles. The summed E-state index contributed by atoms with van der Waals surface area (Å²) < 4.78 is 0. The van der Waals surface area contributed by atoms with Crippen molar-refractivity contribution in [1.29, 1.82) is 0 Å². The number of amides is 1. The molecule has 5 unspecified atom stereocenters. The minimum atomic E-state index is -1.12. The van der Waals surface area contributed by atoms with Gasteiger partial charge in [0.05, 0.1) is 11.8 Å². The summed E-state index contributed by atoms with van der Waals surface area (Å²) in [7, 11) is 0. The Kier molecular flexibility index (Phi) is 3.63. The van der Waals surface area contributed by atoms with Gasteiger partial charge in [0.2, 0.25) is 5.91 Å². The van der Waals surface area contributed by atoms with Gasteiger partial charge in [-0.15, -0.1) is 0 Å². The van der Waals surface area contributed by atoms with E-state index in [9.17, 15) is 19.5 Å². The van der Waals surface area contributed by atoms with Crippen LogP contribution in [-0.4, -0.2) is 46.0 Å². The van der Waals surface area contributed by atoms with Gasteiger partial charge in [-0.25, -0.2) is 0 Å². The fourth-order valence-corrected chi connectivity index (χ4v) is 4.48. The van der Waals surface area contributed by atoms with E-state index in [0.29, 0.717) is 18.4 Å². The highest BCUT2D eigenvalue weighted by molar-refractivity contribution is 5.84. The zero-order valence-electron chi connectivity index (χ0n) is 11.9. The summed E-state index contributed by atoms with van der Waals surface area (Å²) in [6.07, 6.45) is 4.62. The van der Waals surface area contributed by atoms with Crippen molar-refractivity contribution >= 4 is 17.8 Å². The Bertz CT molecular complexity index is 477. The number of hydrogen-bond acceptors (Lipinski definition) is 3. The maximum atomic E-state index is 12.6. The molecular weight excluding hydrogens is 274 g/mol. The van der Waals surface area contributed by atoms with Crippen molar-refractivity contribution in [2.75, 3.05) is 13.1 Å². The molecule has 116 valence electrons. The lowest BCUT2D eigenvalue weighted by atomic mass is 9.83. The number of likely N-dealkylation sites (tertiary alicyclic amines) is 1. The van der Waals surface area contributed by atoms with Crippen LogP contribution in [0.1, 0.15) is 32.1 Å². The predicted octanol–water partition coefficient (Wildman–Crippen LogP) is 1.06. The number of nitrogens with zero attached hydrogens (tertiary/aromatic N) is 1. The third-order valence-electron chi connectivity index (χ3n) is 5.61. The average molecular weight is 295 g/mol. The van der Waals surface area contributed by atoms with Crippen LogP contribution in [0.5, 0.6) is 0 Å². The van der Waals surface area contributed by atoms with Gasteiger partial charge in [-0.2, -0.15) is 0 Å². The molecule has 2 aliphatic carbocycles. The first-order chi connectivity index (χ1) is 9.97. The van der Waals surface area contributed by atoms with Crippen molar-refractivity contribution in [3.63, 3.8) is 0 Å². The number of carboxylic acids is 2. The van der Waals surface area contributed by atoms with E-state index in [4.69, 9.17) is 5.11 Å². The number of fused-ring (bicyclic) bond motifs is 2. The van der Waals surface area contributed by atoms with Crippen molar-refractivity contribution in [3.05, 3.63) is 0 Å². The molecule has 0 spiro atoms. The van der Waals surface area contributed by atoms with E-state index < -0.39 is 23.8 Å². The van der Waals surface area contributed by atoms with E-state index in [1.165, 1.54) is 6.42 Å². The molecule has 1 amide bonds. The summed E-state index contributed by atoms with van der Waals surface area (Å²) in [5, 5.41) is 18.3. The van der Waals surface area contributed by atoms with E-state index in [0.717, 1.165) is 19.3 Å². The number of hydrogen-bond donors (Lipinski definition) is 2. The molecule has 3 rings (SSSR count). The second kappa shape index (κ2) is 5.31. The number of carbonyl (C=O) groups is 3. The van der Waals surface area contributed by atoms with Crippen LogP contribution >= 0.6 is 0 Å². The van der Waals surface area contributed by atoms with Crippen LogP contribution < -0.4 is 0 Å². The molecular formula is C15H21NO5. The average Bonchev–Trinajstić information content (AvgIpc) is 3.08. The van der Waals surface area contributed by atoms with Gasteiger partial charge in [0.25, 0.3) is 0 Å². The molecule has 0 aromatic rings. The van der Waals surface area contributed by atoms with E-state index >= 15 is 0 Å². The number of carboxylic acid groups (broad SMARTS) is 2. The predicted molar refractivity (Wildman–Crippen MR) is 72.4 cm³/mol. The van der Waals surface area contributed by atoms with E-state index in [1.54, 1.807) is 4.90 Å². The minimum Gasteiger partial charge on any atom is -0.481 e. The summed E-state index contributed by atoms with van der Waals surface area (Å²) in [6, 6.07) is 0. The van der Waals surface area contributed by atoms with Gasteiger partial charge >= 0.3 is 11.9 Å². The largest absolute Gasteiger partial charge is 0.481 e. The first-order valence-electron chi connectivity index (χ1n) is 7.71. The highest BCUT2D eigenvalue weighted by Gasteiger charge is 2.47. The molecule has 6 heteroatoms. The Hall–Kier alpha value is -1.59.